The fraction of sp³-hybridized carbons (Fsp3) is 0.316. The average Bonchev–Trinajstić information content (AvgIpc) is 2.64. The van der Waals surface area contributed by atoms with E-state index in [1.54, 1.807) is 43.3 Å². The normalized spacial score (nSPS) is 12.3. The first-order valence-corrected chi connectivity index (χ1v) is 10.3. The molecule has 0 radical (unpaired) electrons. The van der Waals surface area contributed by atoms with E-state index in [2.05, 4.69) is 5.32 Å². The van der Waals surface area contributed by atoms with Crippen LogP contribution in [0.25, 0.3) is 0 Å². The van der Waals surface area contributed by atoms with Gasteiger partial charge in [-0.25, -0.2) is 12.8 Å². The minimum Gasteiger partial charge on any atom is -0.497 e. The Labute approximate surface area is 159 Å². The van der Waals surface area contributed by atoms with E-state index in [9.17, 15) is 17.6 Å². The van der Waals surface area contributed by atoms with Crippen LogP contribution in [0.15, 0.2) is 48.5 Å². The van der Waals surface area contributed by atoms with Crippen molar-refractivity contribution in [3.8, 4) is 5.75 Å². The molecule has 8 heteroatoms. The molecule has 0 heterocycles. The third-order valence-electron chi connectivity index (χ3n) is 4.04. The maximum absolute atomic E-state index is 13.0. The van der Waals surface area contributed by atoms with Gasteiger partial charge in [0.1, 0.15) is 17.6 Å². The van der Waals surface area contributed by atoms with Gasteiger partial charge in [0.2, 0.25) is 15.9 Å². The highest BCUT2D eigenvalue weighted by molar-refractivity contribution is 7.92. The van der Waals surface area contributed by atoms with Crippen LogP contribution in [0, 0.1) is 5.82 Å². The van der Waals surface area contributed by atoms with Gasteiger partial charge in [-0.2, -0.15) is 0 Å². The monoisotopic (exact) mass is 394 g/mol. The molecule has 0 aliphatic heterocycles. The van der Waals surface area contributed by atoms with Gasteiger partial charge in [0.15, 0.2) is 0 Å². The Morgan fingerprint density at radius 1 is 1.15 bits per heavy atom. The summed E-state index contributed by atoms with van der Waals surface area (Å²) in [6, 6.07) is 11.3. The number of halogens is 1. The number of ether oxygens (including phenoxy) is 1. The largest absolute Gasteiger partial charge is 0.497 e. The summed E-state index contributed by atoms with van der Waals surface area (Å²) in [5, 5.41) is 2.72. The second kappa shape index (κ2) is 8.85. The Hall–Kier alpha value is -2.61. The van der Waals surface area contributed by atoms with Gasteiger partial charge in [0.05, 0.1) is 19.1 Å². The number of amides is 1. The first-order chi connectivity index (χ1) is 12.8. The van der Waals surface area contributed by atoms with E-state index in [4.69, 9.17) is 4.74 Å². The van der Waals surface area contributed by atoms with Gasteiger partial charge in [-0.15, -0.1) is 0 Å². The Morgan fingerprint density at radius 2 is 1.74 bits per heavy atom. The Bertz CT molecular complexity index is 868. The summed E-state index contributed by atoms with van der Waals surface area (Å²) >= 11 is 0. The lowest BCUT2D eigenvalue weighted by Gasteiger charge is -2.30. The molecule has 27 heavy (non-hydrogen) atoms. The molecular formula is C19H23FN2O4S. The SMILES string of the molecule is CC[C@@H](C(=O)NCc1ccc(F)cc1)N(c1ccc(OC)cc1)S(C)(=O)=O. The van der Waals surface area contributed by atoms with Crippen molar-refractivity contribution < 1.29 is 22.3 Å². The Balaban J connectivity index is 2.22. The van der Waals surface area contributed by atoms with Gasteiger partial charge in [0.25, 0.3) is 0 Å². The predicted molar refractivity (Wildman–Crippen MR) is 103 cm³/mol. The number of sulfonamides is 1. The van der Waals surface area contributed by atoms with Gasteiger partial charge in [0, 0.05) is 6.54 Å². The van der Waals surface area contributed by atoms with E-state index >= 15 is 0 Å². The van der Waals surface area contributed by atoms with Crippen LogP contribution < -0.4 is 14.4 Å². The van der Waals surface area contributed by atoms with Crippen LogP contribution >= 0.6 is 0 Å². The number of rotatable bonds is 8. The van der Waals surface area contributed by atoms with E-state index < -0.39 is 22.0 Å². The molecule has 0 saturated carbocycles. The van der Waals surface area contributed by atoms with E-state index in [0.717, 1.165) is 16.1 Å². The second-order valence-corrected chi connectivity index (χ2v) is 7.88. The number of hydrogen-bond acceptors (Lipinski definition) is 4. The molecule has 2 aromatic carbocycles. The molecule has 2 rings (SSSR count). The number of benzene rings is 2. The number of hydrogen-bond donors (Lipinski definition) is 1. The van der Waals surface area contributed by atoms with Crippen LogP contribution in [0.5, 0.6) is 5.75 Å². The van der Waals surface area contributed by atoms with Crippen molar-refractivity contribution in [3.63, 3.8) is 0 Å². The summed E-state index contributed by atoms with van der Waals surface area (Å²) in [7, 11) is -2.19. The van der Waals surface area contributed by atoms with E-state index in [1.165, 1.54) is 19.2 Å². The minimum atomic E-state index is -3.70. The van der Waals surface area contributed by atoms with Gasteiger partial charge in [-0.05, 0) is 48.4 Å². The number of carbonyl (C=O) groups excluding carboxylic acids is 1. The lowest BCUT2D eigenvalue weighted by molar-refractivity contribution is -0.122. The first-order valence-electron chi connectivity index (χ1n) is 8.42. The minimum absolute atomic E-state index is 0.176. The predicted octanol–water partition coefficient (Wildman–Crippen LogP) is 2.70. The highest BCUT2D eigenvalue weighted by atomic mass is 32.2. The number of nitrogens with one attached hydrogen (secondary N) is 1. The molecule has 146 valence electrons. The highest BCUT2D eigenvalue weighted by Gasteiger charge is 2.31. The van der Waals surface area contributed by atoms with Gasteiger partial charge in [-0.3, -0.25) is 9.10 Å². The fourth-order valence-corrected chi connectivity index (χ4v) is 3.91. The summed E-state index contributed by atoms with van der Waals surface area (Å²) in [5.41, 5.74) is 1.09. The van der Waals surface area contributed by atoms with Crippen molar-refractivity contribution in [1.29, 1.82) is 0 Å². The van der Waals surface area contributed by atoms with Crippen LogP contribution in [0.1, 0.15) is 18.9 Å². The molecule has 1 N–H and O–H groups in total. The second-order valence-electron chi connectivity index (χ2n) is 6.03. The summed E-state index contributed by atoms with van der Waals surface area (Å²) < 4.78 is 43.9. The highest BCUT2D eigenvalue weighted by Crippen LogP contribution is 2.25. The first kappa shape index (κ1) is 20.7. The summed E-state index contributed by atoms with van der Waals surface area (Å²) in [6.45, 7) is 1.92. The smallest absolute Gasteiger partial charge is 0.244 e. The summed E-state index contributed by atoms with van der Waals surface area (Å²) in [5.74, 6) is -0.205. The molecule has 0 fully saturated rings. The van der Waals surface area contributed by atoms with Crippen LogP contribution in [-0.2, 0) is 21.4 Å². The number of carbonyl (C=O) groups is 1. The molecule has 6 nitrogen and oxygen atoms in total. The van der Waals surface area contributed by atoms with E-state index in [-0.39, 0.29) is 18.8 Å². The van der Waals surface area contributed by atoms with Crippen LogP contribution in [0.2, 0.25) is 0 Å². The lowest BCUT2D eigenvalue weighted by Crippen LogP contribution is -2.49. The van der Waals surface area contributed by atoms with Gasteiger partial charge < -0.3 is 10.1 Å². The van der Waals surface area contributed by atoms with Crippen molar-refractivity contribution in [2.75, 3.05) is 17.7 Å². The summed E-state index contributed by atoms with van der Waals surface area (Å²) in [4.78, 5) is 12.7. The fourth-order valence-electron chi connectivity index (χ4n) is 2.70. The molecule has 0 aliphatic rings. The van der Waals surface area contributed by atoms with Crippen LogP contribution in [-0.4, -0.2) is 33.7 Å². The van der Waals surface area contributed by atoms with E-state index in [1.807, 2.05) is 0 Å². The number of methoxy groups -OCH3 is 1. The standard InChI is InChI=1S/C19H23FN2O4S/c1-4-18(19(23)21-13-14-5-7-15(20)8-6-14)22(27(3,24)25)16-9-11-17(26-2)12-10-16/h5-12,18H,4,13H2,1-3H3,(H,21,23)/t18-/m0/s1. The third kappa shape index (κ3) is 5.43. The topological polar surface area (TPSA) is 75.7 Å². The Kier molecular flexibility index (Phi) is 6.79. The zero-order valence-electron chi connectivity index (χ0n) is 15.5. The maximum atomic E-state index is 13.0. The Morgan fingerprint density at radius 3 is 2.22 bits per heavy atom. The summed E-state index contributed by atoms with van der Waals surface area (Å²) in [6.07, 6.45) is 1.35. The quantitative estimate of drug-likeness (QED) is 0.747. The average molecular weight is 394 g/mol. The third-order valence-corrected chi connectivity index (χ3v) is 5.22. The lowest BCUT2D eigenvalue weighted by atomic mass is 10.1. The van der Waals surface area contributed by atoms with Crippen molar-refractivity contribution in [1.82, 2.24) is 5.32 Å². The number of anilines is 1. The van der Waals surface area contributed by atoms with E-state index in [0.29, 0.717) is 11.4 Å². The molecule has 0 saturated heterocycles. The van der Waals surface area contributed by atoms with Gasteiger partial charge >= 0.3 is 0 Å². The van der Waals surface area contributed by atoms with Crippen molar-refractivity contribution in [3.05, 3.63) is 59.9 Å². The molecule has 0 bridgehead atoms. The molecule has 2 aromatic rings. The molecular weight excluding hydrogens is 371 g/mol. The zero-order chi connectivity index (χ0) is 20.0. The van der Waals surface area contributed by atoms with Crippen molar-refractivity contribution in [2.45, 2.75) is 25.9 Å². The van der Waals surface area contributed by atoms with Crippen LogP contribution in [0.3, 0.4) is 0 Å². The molecule has 1 atom stereocenters. The van der Waals surface area contributed by atoms with Crippen molar-refractivity contribution in [2.24, 2.45) is 0 Å². The molecule has 0 spiro atoms. The zero-order valence-corrected chi connectivity index (χ0v) is 16.3. The maximum Gasteiger partial charge on any atom is 0.244 e. The molecule has 0 unspecified atom stereocenters. The van der Waals surface area contributed by atoms with Crippen molar-refractivity contribution >= 4 is 21.6 Å². The number of nitrogens with zero attached hydrogens (tertiary/aromatic N) is 1. The van der Waals surface area contributed by atoms with Crippen LogP contribution in [0.4, 0.5) is 10.1 Å². The molecule has 0 aromatic heterocycles. The van der Waals surface area contributed by atoms with Gasteiger partial charge in [-0.1, -0.05) is 19.1 Å². The molecule has 1 amide bonds. The molecule has 0 aliphatic carbocycles.